The van der Waals surface area contributed by atoms with Crippen LogP contribution in [-0.4, -0.2) is 59.3 Å². The SMILES string of the molecule is O=C1c2cccnc2C(=O)N1C1CCN(S(=O)(=O)CCCc2ccccc2)C1. The van der Waals surface area contributed by atoms with Crippen molar-refractivity contribution in [3.63, 3.8) is 0 Å². The molecule has 2 amide bonds. The molecule has 8 heteroatoms. The molecule has 0 radical (unpaired) electrons. The molecule has 3 heterocycles. The van der Waals surface area contributed by atoms with Crippen LogP contribution < -0.4 is 0 Å². The lowest BCUT2D eigenvalue weighted by Gasteiger charge is -2.22. The molecule has 1 aromatic carbocycles. The summed E-state index contributed by atoms with van der Waals surface area (Å²) in [5.74, 6) is -0.770. The van der Waals surface area contributed by atoms with Crippen LogP contribution in [0, 0.1) is 0 Å². The van der Waals surface area contributed by atoms with E-state index in [4.69, 9.17) is 0 Å². The highest BCUT2D eigenvalue weighted by molar-refractivity contribution is 7.89. The van der Waals surface area contributed by atoms with Crippen LogP contribution in [0.4, 0.5) is 0 Å². The van der Waals surface area contributed by atoms with E-state index in [0.717, 1.165) is 5.56 Å². The zero-order valence-corrected chi connectivity index (χ0v) is 16.1. The van der Waals surface area contributed by atoms with Gasteiger partial charge in [0, 0.05) is 19.3 Å². The number of benzene rings is 1. The number of carbonyl (C=O) groups excluding carboxylic acids is 2. The molecule has 1 saturated heterocycles. The van der Waals surface area contributed by atoms with Crippen molar-refractivity contribution >= 4 is 21.8 Å². The fourth-order valence-corrected chi connectivity index (χ4v) is 5.37. The van der Waals surface area contributed by atoms with Crippen LogP contribution in [0.1, 0.15) is 39.3 Å². The summed E-state index contributed by atoms with van der Waals surface area (Å²) in [6.45, 7) is 0.471. The van der Waals surface area contributed by atoms with Crippen molar-refractivity contribution in [3.05, 3.63) is 65.5 Å². The molecule has 2 aliphatic heterocycles. The normalized spacial score (nSPS) is 20.0. The first-order valence-electron chi connectivity index (χ1n) is 9.32. The van der Waals surface area contributed by atoms with Gasteiger partial charge in [-0.05, 0) is 37.0 Å². The van der Waals surface area contributed by atoms with Gasteiger partial charge in [0.2, 0.25) is 10.0 Å². The average Bonchev–Trinajstić information content (AvgIpc) is 3.27. The van der Waals surface area contributed by atoms with Gasteiger partial charge >= 0.3 is 0 Å². The number of fused-ring (bicyclic) bond motifs is 1. The predicted molar refractivity (Wildman–Crippen MR) is 103 cm³/mol. The molecule has 0 spiro atoms. The predicted octanol–water partition coefficient (Wildman–Crippen LogP) is 1.71. The lowest BCUT2D eigenvalue weighted by atomic mass is 10.1. The summed E-state index contributed by atoms with van der Waals surface area (Å²) in [6.07, 6.45) is 3.15. The van der Waals surface area contributed by atoms with Crippen molar-refractivity contribution in [2.24, 2.45) is 0 Å². The van der Waals surface area contributed by atoms with Gasteiger partial charge in [0.15, 0.2) is 0 Å². The highest BCUT2D eigenvalue weighted by atomic mass is 32.2. The van der Waals surface area contributed by atoms with E-state index in [0.29, 0.717) is 25.8 Å². The monoisotopic (exact) mass is 399 g/mol. The Bertz CT molecular complexity index is 972. The molecular formula is C20H21N3O4S. The molecular weight excluding hydrogens is 378 g/mol. The van der Waals surface area contributed by atoms with Crippen molar-refractivity contribution in [2.75, 3.05) is 18.8 Å². The summed E-state index contributed by atoms with van der Waals surface area (Å²) >= 11 is 0. The van der Waals surface area contributed by atoms with Gasteiger partial charge in [0.05, 0.1) is 17.4 Å². The standard InChI is InChI=1S/C20H21N3O4S/c24-19-17-9-4-11-21-18(17)20(25)23(19)16-10-12-22(14-16)28(26,27)13-5-8-15-6-2-1-3-7-15/h1-4,6-7,9,11,16H,5,8,10,12-14H2. The van der Waals surface area contributed by atoms with Gasteiger partial charge in [0.25, 0.3) is 11.8 Å². The maximum absolute atomic E-state index is 12.7. The van der Waals surface area contributed by atoms with Crippen LogP contribution in [0.3, 0.4) is 0 Å². The molecule has 146 valence electrons. The molecule has 0 N–H and O–H groups in total. The molecule has 1 atom stereocenters. The number of hydrogen-bond acceptors (Lipinski definition) is 5. The number of nitrogens with zero attached hydrogens (tertiary/aromatic N) is 3. The Hall–Kier alpha value is -2.58. The lowest BCUT2D eigenvalue weighted by Crippen LogP contribution is -2.42. The van der Waals surface area contributed by atoms with Crippen molar-refractivity contribution in [1.29, 1.82) is 0 Å². The van der Waals surface area contributed by atoms with Gasteiger partial charge in [-0.15, -0.1) is 0 Å². The minimum atomic E-state index is -3.43. The van der Waals surface area contributed by atoms with Gasteiger partial charge in [-0.3, -0.25) is 19.5 Å². The molecule has 1 unspecified atom stereocenters. The van der Waals surface area contributed by atoms with E-state index < -0.39 is 22.0 Å². The number of hydrogen-bond donors (Lipinski definition) is 0. The first kappa shape index (κ1) is 18.8. The third kappa shape index (κ3) is 3.45. The quantitative estimate of drug-likeness (QED) is 0.690. The van der Waals surface area contributed by atoms with Crippen molar-refractivity contribution < 1.29 is 18.0 Å². The fraction of sp³-hybridized carbons (Fsp3) is 0.350. The largest absolute Gasteiger partial charge is 0.280 e. The summed E-state index contributed by atoms with van der Waals surface area (Å²) in [4.78, 5) is 30.3. The highest BCUT2D eigenvalue weighted by Crippen LogP contribution is 2.28. The van der Waals surface area contributed by atoms with E-state index in [-0.39, 0.29) is 29.5 Å². The summed E-state index contributed by atoms with van der Waals surface area (Å²) in [5.41, 5.74) is 1.55. The number of aromatic nitrogens is 1. The number of rotatable bonds is 6. The van der Waals surface area contributed by atoms with Crippen LogP contribution in [0.15, 0.2) is 48.7 Å². The third-order valence-corrected chi connectivity index (χ3v) is 7.20. The molecule has 7 nitrogen and oxygen atoms in total. The fourth-order valence-electron chi connectivity index (χ4n) is 3.82. The summed E-state index contributed by atoms with van der Waals surface area (Å²) in [6, 6.07) is 12.5. The Balaban J connectivity index is 1.38. The van der Waals surface area contributed by atoms with E-state index >= 15 is 0 Å². The Labute approximate surface area is 164 Å². The topological polar surface area (TPSA) is 87.7 Å². The van der Waals surface area contributed by atoms with Crippen LogP contribution in [0.2, 0.25) is 0 Å². The van der Waals surface area contributed by atoms with E-state index in [1.165, 1.54) is 15.4 Å². The number of sulfonamides is 1. The molecule has 1 aromatic heterocycles. The number of aryl methyl sites for hydroxylation is 1. The number of carbonyl (C=O) groups is 2. The summed E-state index contributed by atoms with van der Waals surface area (Å²) in [7, 11) is -3.43. The Morgan fingerprint density at radius 3 is 2.57 bits per heavy atom. The molecule has 4 rings (SSSR count). The zero-order chi connectivity index (χ0) is 19.7. The van der Waals surface area contributed by atoms with Gasteiger partial charge < -0.3 is 0 Å². The van der Waals surface area contributed by atoms with Gasteiger partial charge in [-0.1, -0.05) is 30.3 Å². The zero-order valence-electron chi connectivity index (χ0n) is 15.3. The van der Waals surface area contributed by atoms with Gasteiger partial charge in [0.1, 0.15) is 5.69 Å². The highest BCUT2D eigenvalue weighted by Gasteiger charge is 2.44. The Morgan fingerprint density at radius 1 is 1.04 bits per heavy atom. The van der Waals surface area contributed by atoms with Crippen LogP contribution >= 0.6 is 0 Å². The summed E-state index contributed by atoms with van der Waals surface area (Å²) in [5, 5.41) is 0. The van der Waals surface area contributed by atoms with Crippen LogP contribution in [0.25, 0.3) is 0 Å². The maximum Gasteiger partial charge on any atom is 0.280 e. The van der Waals surface area contributed by atoms with Crippen molar-refractivity contribution in [3.8, 4) is 0 Å². The first-order chi connectivity index (χ1) is 13.5. The van der Waals surface area contributed by atoms with Gasteiger partial charge in [-0.2, -0.15) is 4.31 Å². The number of pyridine rings is 1. The van der Waals surface area contributed by atoms with Crippen molar-refractivity contribution in [2.45, 2.75) is 25.3 Å². The van der Waals surface area contributed by atoms with Crippen LogP contribution in [0.5, 0.6) is 0 Å². The lowest BCUT2D eigenvalue weighted by molar-refractivity contribution is 0.0591. The second-order valence-electron chi connectivity index (χ2n) is 7.09. The first-order valence-corrected chi connectivity index (χ1v) is 10.9. The second-order valence-corrected chi connectivity index (χ2v) is 9.17. The smallest absolute Gasteiger partial charge is 0.268 e. The molecule has 0 bridgehead atoms. The Kier molecular flexibility index (Phi) is 4.99. The maximum atomic E-state index is 12.7. The van der Waals surface area contributed by atoms with Crippen molar-refractivity contribution in [1.82, 2.24) is 14.2 Å². The Morgan fingerprint density at radius 2 is 1.82 bits per heavy atom. The molecule has 28 heavy (non-hydrogen) atoms. The number of amides is 2. The number of imide groups is 1. The van der Waals surface area contributed by atoms with Crippen LogP contribution in [-0.2, 0) is 16.4 Å². The van der Waals surface area contributed by atoms with E-state index in [1.54, 1.807) is 12.1 Å². The molecule has 1 fully saturated rings. The molecule has 2 aliphatic rings. The molecule has 0 aliphatic carbocycles. The second kappa shape index (κ2) is 7.44. The molecule has 2 aromatic rings. The minimum absolute atomic E-state index is 0.0539. The van der Waals surface area contributed by atoms with E-state index in [9.17, 15) is 18.0 Å². The molecule has 0 saturated carbocycles. The summed E-state index contributed by atoms with van der Waals surface area (Å²) < 4.78 is 26.8. The minimum Gasteiger partial charge on any atom is -0.268 e. The van der Waals surface area contributed by atoms with E-state index in [2.05, 4.69) is 4.98 Å². The van der Waals surface area contributed by atoms with E-state index in [1.807, 2.05) is 30.3 Å². The third-order valence-electron chi connectivity index (χ3n) is 5.27. The average molecular weight is 399 g/mol. The van der Waals surface area contributed by atoms with Gasteiger partial charge in [-0.25, -0.2) is 8.42 Å².